The van der Waals surface area contributed by atoms with E-state index in [1.165, 1.54) is 25.3 Å². The molecular weight excluding hydrogens is 410 g/mol. The first kappa shape index (κ1) is 24.2. The predicted molar refractivity (Wildman–Crippen MR) is 117 cm³/mol. The van der Waals surface area contributed by atoms with Crippen molar-refractivity contribution in [3.8, 4) is 0 Å². The van der Waals surface area contributed by atoms with Crippen LogP contribution in [0, 0.1) is 0 Å². The third-order valence-electron chi connectivity index (χ3n) is 5.39. The Morgan fingerprint density at radius 1 is 0.931 bits per heavy atom. The number of halogens is 1. The zero-order valence-corrected chi connectivity index (χ0v) is 18.9. The Hall–Kier alpha value is -1.11. The third kappa shape index (κ3) is 9.06. The molecule has 0 spiro atoms. The highest BCUT2D eigenvalue weighted by Crippen LogP contribution is 2.23. The lowest BCUT2D eigenvalue weighted by Crippen LogP contribution is -2.35. The van der Waals surface area contributed by atoms with Crippen LogP contribution in [0.3, 0.4) is 0 Å². The first-order valence-electron chi connectivity index (χ1n) is 10.8. The van der Waals surface area contributed by atoms with Crippen molar-refractivity contribution >= 4 is 27.6 Å². The van der Waals surface area contributed by atoms with E-state index in [4.69, 9.17) is 16.3 Å². The summed E-state index contributed by atoms with van der Waals surface area (Å²) in [6, 6.07) is 6.27. The van der Waals surface area contributed by atoms with E-state index in [0.717, 1.165) is 38.5 Å². The Labute approximate surface area is 180 Å². The van der Waals surface area contributed by atoms with Crippen molar-refractivity contribution in [3.63, 3.8) is 0 Å². The van der Waals surface area contributed by atoms with Crippen molar-refractivity contribution < 1.29 is 17.9 Å². The summed E-state index contributed by atoms with van der Waals surface area (Å²) in [5.41, 5.74) is 0. The average molecular weight is 444 g/mol. The van der Waals surface area contributed by atoms with E-state index in [1.54, 1.807) is 18.2 Å². The van der Waals surface area contributed by atoms with Gasteiger partial charge in [-0.05, 0) is 44.7 Å². The van der Waals surface area contributed by atoms with Crippen LogP contribution < -0.4 is 4.72 Å². The molecule has 1 aliphatic heterocycles. The Balaban J connectivity index is 2.02. The summed E-state index contributed by atoms with van der Waals surface area (Å²) in [4.78, 5) is 12.1. The van der Waals surface area contributed by atoms with Crippen LogP contribution in [0.4, 0.5) is 0 Å². The van der Waals surface area contributed by atoms with E-state index in [-0.39, 0.29) is 28.0 Å². The molecule has 1 aliphatic rings. The lowest BCUT2D eigenvalue weighted by Gasteiger charge is -2.21. The number of hydrogen-bond acceptors (Lipinski definition) is 4. The quantitative estimate of drug-likeness (QED) is 0.616. The standard InChI is InChI=1S/C22H34ClNO4S/c1-18-16-17-19(24-29(26,27)21-14-11-10-13-20(21)23)12-8-6-4-2-3-5-7-9-15-22(25)28-18/h10-11,13-14,18-19,24H,2-9,12,15-17H2,1H3. The minimum Gasteiger partial charge on any atom is -0.463 e. The second-order valence-electron chi connectivity index (χ2n) is 7.99. The molecule has 1 saturated heterocycles. The van der Waals surface area contributed by atoms with Crippen molar-refractivity contribution in [2.24, 2.45) is 0 Å². The summed E-state index contributed by atoms with van der Waals surface area (Å²) < 4.78 is 34.0. The number of hydrogen-bond donors (Lipinski definition) is 1. The number of ether oxygens (including phenoxy) is 1. The largest absolute Gasteiger partial charge is 0.463 e. The summed E-state index contributed by atoms with van der Waals surface area (Å²) in [6.45, 7) is 1.88. The normalized spacial score (nSPS) is 24.0. The lowest BCUT2D eigenvalue weighted by atomic mass is 10.0. The molecule has 0 amide bonds. The molecule has 1 aromatic carbocycles. The van der Waals surface area contributed by atoms with Gasteiger partial charge in [-0.25, -0.2) is 13.1 Å². The highest BCUT2D eigenvalue weighted by molar-refractivity contribution is 7.89. The average Bonchev–Trinajstić information content (AvgIpc) is 2.66. The molecule has 0 saturated carbocycles. The second kappa shape index (κ2) is 12.6. The smallest absolute Gasteiger partial charge is 0.306 e. The molecule has 29 heavy (non-hydrogen) atoms. The van der Waals surface area contributed by atoms with Gasteiger partial charge in [-0.1, -0.05) is 68.7 Å². The van der Waals surface area contributed by atoms with Gasteiger partial charge in [0.2, 0.25) is 10.0 Å². The Bertz CT molecular complexity index is 738. The van der Waals surface area contributed by atoms with Crippen LogP contribution in [-0.2, 0) is 19.6 Å². The van der Waals surface area contributed by atoms with E-state index in [0.29, 0.717) is 19.3 Å². The molecule has 0 radical (unpaired) electrons. The van der Waals surface area contributed by atoms with E-state index in [9.17, 15) is 13.2 Å². The van der Waals surface area contributed by atoms with Gasteiger partial charge in [0.25, 0.3) is 0 Å². The van der Waals surface area contributed by atoms with Gasteiger partial charge in [0.1, 0.15) is 4.90 Å². The summed E-state index contributed by atoms with van der Waals surface area (Å²) in [5, 5.41) is 0.218. The monoisotopic (exact) mass is 443 g/mol. The van der Waals surface area contributed by atoms with Crippen LogP contribution >= 0.6 is 11.6 Å². The van der Waals surface area contributed by atoms with E-state index in [2.05, 4.69) is 4.72 Å². The second-order valence-corrected chi connectivity index (χ2v) is 10.1. The first-order valence-corrected chi connectivity index (χ1v) is 12.7. The van der Waals surface area contributed by atoms with Crippen LogP contribution in [0.1, 0.15) is 84.0 Å². The fourth-order valence-electron chi connectivity index (χ4n) is 3.71. The number of carbonyl (C=O) groups excluding carboxylic acids is 1. The molecule has 2 rings (SSSR count). The molecule has 7 heteroatoms. The van der Waals surface area contributed by atoms with Gasteiger partial charge in [-0.3, -0.25) is 4.79 Å². The van der Waals surface area contributed by atoms with Crippen molar-refractivity contribution in [1.82, 2.24) is 4.72 Å². The zero-order valence-electron chi connectivity index (χ0n) is 17.4. The number of benzene rings is 1. The number of rotatable bonds is 3. The third-order valence-corrected chi connectivity index (χ3v) is 7.41. The van der Waals surface area contributed by atoms with Gasteiger partial charge < -0.3 is 4.74 Å². The minimum atomic E-state index is -3.70. The minimum absolute atomic E-state index is 0.105. The molecule has 164 valence electrons. The molecule has 1 aromatic rings. The summed E-state index contributed by atoms with van der Waals surface area (Å²) >= 11 is 6.10. The number of cyclic esters (lactones) is 1. The van der Waals surface area contributed by atoms with Crippen molar-refractivity contribution in [2.45, 2.75) is 101 Å². The Morgan fingerprint density at radius 3 is 2.24 bits per heavy atom. The van der Waals surface area contributed by atoms with Crippen molar-refractivity contribution in [3.05, 3.63) is 29.3 Å². The van der Waals surface area contributed by atoms with Gasteiger partial charge in [0.05, 0.1) is 11.1 Å². The number of sulfonamides is 1. The molecule has 0 aliphatic carbocycles. The number of carbonyl (C=O) groups is 1. The Morgan fingerprint density at radius 2 is 1.55 bits per heavy atom. The molecule has 1 fully saturated rings. The van der Waals surface area contributed by atoms with Crippen LogP contribution in [0.5, 0.6) is 0 Å². The maximum atomic E-state index is 12.8. The molecule has 0 aromatic heterocycles. The summed E-state index contributed by atoms with van der Waals surface area (Å²) in [7, 11) is -3.70. The fraction of sp³-hybridized carbons (Fsp3) is 0.682. The predicted octanol–water partition coefficient (Wildman–Crippen LogP) is 5.61. The molecule has 2 unspecified atom stereocenters. The molecule has 2 atom stereocenters. The van der Waals surface area contributed by atoms with Gasteiger partial charge in [0, 0.05) is 12.5 Å². The van der Waals surface area contributed by atoms with Crippen LogP contribution in [0.25, 0.3) is 0 Å². The number of nitrogens with one attached hydrogen (secondary N) is 1. The van der Waals surface area contributed by atoms with Gasteiger partial charge in [-0.15, -0.1) is 0 Å². The van der Waals surface area contributed by atoms with Gasteiger partial charge in [-0.2, -0.15) is 0 Å². The molecule has 5 nitrogen and oxygen atoms in total. The highest BCUT2D eigenvalue weighted by atomic mass is 35.5. The summed E-state index contributed by atoms with van der Waals surface area (Å²) in [6.07, 6.45) is 11.0. The van der Waals surface area contributed by atoms with Crippen molar-refractivity contribution in [1.29, 1.82) is 0 Å². The first-order chi connectivity index (χ1) is 13.9. The topological polar surface area (TPSA) is 72.5 Å². The molecular formula is C22H34ClNO4S. The van der Waals surface area contributed by atoms with E-state index in [1.807, 2.05) is 6.92 Å². The van der Waals surface area contributed by atoms with Gasteiger partial charge in [0.15, 0.2) is 0 Å². The summed E-state index contributed by atoms with van der Waals surface area (Å²) in [5.74, 6) is -0.155. The number of esters is 1. The molecule has 1 heterocycles. The maximum Gasteiger partial charge on any atom is 0.306 e. The van der Waals surface area contributed by atoms with Crippen LogP contribution in [0.15, 0.2) is 29.2 Å². The lowest BCUT2D eigenvalue weighted by molar-refractivity contribution is -0.148. The highest BCUT2D eigenvalue weighted by Gasteiger charge is 2.23. The zero-order chi connectivity index (χ0) is 21.1. The van der Waals surface area contributed by atoms with Crippen LogP contribution in [-0.4, -0.2) is 26.5 Å². The van der Waals surface area contributed by atoms with Crippen molar-refractivity contribution in [2.75, 3.05) is 0 Å². The van der Waals surface area contributed by atoms with E-state index < -0.39 is 10.0 Å². The SMILES string of the molecule is CC1CCC(NS(=O)(=O)c2ccccc2Cl)CCCCCCCCCCC(=O)O1. The van der Waals surface area contributed by atoms with Gasteiger partial charge >= 0.3 is 5.97 Å². The Kier molecular flexibility index (Phi) is 10.5. The van der Waals surface area contributed by atoms with E-state index >= 15 is 0 Å². The maximum absolute atomic E-state index is 12.8. The fourth-order valence-corrected chi connectivity index (χ4v) is 5.53. The molecule has 0 bridgehead atoms. The van der Waals surface area contributed by atoms with Crippen LogP contribution in [0.2, 0.25) is 5.02 Å². The molecule has 1 N–H and O–H groups in total.